The molecule has 0 aliphatic heterocycles. The van der Waals surface area contributed by atoms with Crippen molar-refractivity contribution in [3.8, 4) is 0 Å². The minimum Gasteiger partial charge on any atom is -0.352 e. The van der Waals surface area contributed by atoms with Gasteiger partial charge in [0.15, 0.2) is 0 Å². The van der Waals surface area contributed by atoms with E-state index in [9.17, 15) is 9.59 Å². The van der Waals surface area contributed by atoms with Crippen LogP contribution in [0.15, 0.2) is 49.1 Å². The zero-order valence-electron chi connectivity index (χ0n) is 34.9. The molecule has 4 unspecified atom stereocenters. The Kier molecular flexibility index (Phi) is 30.8. The quantitative estimate of drug-likeness (QED) is 0.0389. The van der Waals surface area contributed by atoms with Crippen molar-refractivity contribution in [3.05, 3.63) is 49.1 Å². The molecule has 4 heteroatoms. The molecule has 0 saturated heterocycles. The van der Waals surface area contributed by atoms with Crippen LogP contribution >= 0.6 is 0 Å². The Morgan fingerprint density at radius 1 is 0.519 bits per heavy atom. The molecule has 1 aliphatic carbocycles. The minimum atomic E-state index is -0.0864. The molecular weight excluding hydrogens is 637 g/mol. The first-order valence-electron chi connectivity index (χ1n) is 22.6. The van der Waals surface area contributed by atoms with Gasteiger partial charge < -0.3 is 10.6 Å². The van der Waals surface area contributed by atoms with Gasteiger partial charge in [-0.15, -0.1) is 0 Å². The van der Waals surface area contributed by atoms with Gasteiger partial charge in [0, 0.05) is 24.2 Å². The van der Waals surface area contributed by atoms with E-state index in [2.05, 4.69) is 51.1 Å². The van der Waals surface area contributed by atoms with Crippen LogP contribution in [0.1, 0.15) is 207 Å². The zero-order valence-corrected chi connectivity index (χ0v) is 34.9. The zero-order chi connectivity index (χ0) is 38.1. The lowest BCUT2D eigenvalue weighted by Gasteiger charge is -2.44. The van der Waals surface area contributed by atoms with E-state index in [1.54, 1.807) is 0 Å². The standard InChI is InChI=1S/C48H86N2O2/c1-7-11-14-16-22-28-35-45-43(33-26-15-12-8-2)37-38-44(34-27-21-17-19-24-31-40-50-48(52)42(6)32-13-9-3)46(45)36-29-23-18-20-25-30-39-49-47(51)41(5)10-4/h10,13,32,43-46H,4-9,11-12,14-31,33-40H2,1-3H3,(H,49,51)(H,50,52)/b32-13-. The lowest BCUT2D eigenvalue weighted by molar-refractivity contribution is -0.117. The van der Waals surface area contributed by atoms with E-state index in [0.717, 1.165) is 56.0 Å². The summed E-state index contributed by atoms with van der Waals surface area (Å²) in [6.07, 6.45) is 44.3. The van der Waals surface area contributed by atoms with E-state index in [1.807, 2.05) is 12.2 Å². The largest absolute Gasteiger partial charge is 0.352 e. The van der Waals surface area contributed by atoms with E-state index in [4.69, 9.17) is 0 Å². The number of carbonyl (C=O) groups is 2. The van der Waals surface area contributed by atoms with Crippen LogP contribution in [-0.4, -0.2) is 24.9 Å². The molecule has 0 heterocycles. The van der Waals surface area contributed by atoms with Crippen LogP contribution in [0.3, 0.4) is 0 Å². The number of amides is 2. The summed E-state index contributed by atoms with van der Waals surface area (Å²) >= 11 is 0. The summed E-state index contributed by atoms with van der Waals surface area (Å²) in [5, 5.41) is 5.99. The normalized spacial score (nSPS) is 18.8. The second kappa shape index (κ2) is 33.5. The molecule has 4 atom stereocenters. The third kappa shape index (κ3) is 23.5. The van der Waals surface area contributed by atoms with Crippen LogP contribution in [0.5, 0.6) is 0 Å². The predicted octanol–water partition coefficient (Wildman–Crippen LogP) is 13.9. The highest BCUT2D eigenvalue weighted by Crippen LogP contribution is 2.47. The number of rotatable bonds is 35. The van der Waals surface area contributed by atoms with Gasteiger partial charge in [-0.2, -0.15) is 0 Å². The second-order valence-corrected chi connectivity index (χ2v) is 16.2. The maximum atomic E-state index is 12.1. The van der Waals surface area contributed by atoms with Gasteiger partial charge in [-0.05, 0) is 68.6 Å². The number of nitrogens with one attached hydrogen (secondary N) is 2. The number of allylic oxidation sites excluding steroid dienone is 1. The maximum absolute atomic E-state index is 12.1. The third-order valence-electron chi connectivity index (χ3n) is 11.9. The van der Waals surface area contributed by atoms with Crippen molar-refractivity contribution in [1.82, 2.24) is 10.6 Å². The van der Waals surface area contributed by atoms with E-state index >= 15 is 0 Å². The molecule has 0 aromatic rings. The molecular formula is C48H86N2O2. The van der Waals surface area contributed by atoms with E-state index in [-0.39, 0.29) is 11.8 Å². The van der Waals surface area contributed by atoms with Crippen molar-refractivity contribution < 1.29 is 9.59 Å². The van der Waals surface area contributed by atoms with Crippen LogP contribution in [-0.2, 0) is 9.59 Å². The summed E-state index contributed by atoms with van der Waals surface area (Å²) in [6, 6.07) is 0. The summed E-state index contributed by atoms with van der Waals surface area (Å²) < 4.78 is 0. The number of unbranched alkanes of at least 4 members (excludes halogenated alkanes) is 18. The van der Waals surface area contributed by atoms with Gasteiger partial charge in [-0.3, -0.25) is 9.59 Å². The monoisotopic (exact) mass is 723 g/mol. The molecule has 1 saturated carbocycles. The fraction of sp³-hybridized carbons (Fsp3) is 0.792. The Balaban J connectivity index is 2.63. The van der Waals surface area contributed by atoms with Crippen LogP contribution < -0.4 is 10.6 Å². The molecule has 52 heavy (non-hydrogen) atoms. The highest BCUT2D eigenvalue weighted by Gasteiger charge is 2.37. The Hall–Kier alpha value is -2.10. The summed E-state index contributed by atoms with van der Waals surface area (Å²) in [4.78, 5) is 24.0. The van der Waals surface area contributed by atoms with Crippen molar-refractivity contribution in [2.75, 3.05) is 13.1 Å². The summed E-state index contributed by atoms with van der Waals surface area (Å²) in [7, 11) is 0. The topological polar surface area (TPSA) is 58.2 Å². The van der Waals surface area contributed by atoms with Gasteiger partial charge in [0.2, 0.25) is 0 Å². The van der Waals surface area contributed by atoms with Crippen LogP contribution in [0.2, 0.25) is 0 Å². The van der Waals surface area contributed by atoms with Gasteiger partial charge in [0.1, 0.15) is 0 Å². The van der Waals surface area contributed by atoms with Crippen molar-refractivity contribution >= 4 is 11.8 Å². The predicted molar refractivity (Wildman–Crippen MR) is 229 cm³/mol. The molecule has 0 aromatic heterocycles. The van der Waals surface area contributed by atoms with Crippen LogP contribution in [0.4, 0.5) is 0 Å². The highest BCUT2D eigenvalue weighted by atomic mass is 16.2. The van der Waals surface area contributed by atoms with E-state index in [0.29, 0.717) is 11.1 Å². The average molecular weight is 723 g/mol. The third-order valence-corrected chi connectivity index (χ3v) is 11.9. The Morgan fingerprint density at radius 3 is 1.31 bits per heavy atom. The molecule has 0 bridgehead atoms. The van der Waals surface area contributed by atoms with Crippen molar-refractivity contribution in [3.63, 3.8) is 0 Å². The molecule has 0 aromatic carbocycles. The van der Waals surface area contributed by atoms with Gasteiger partial charge in [0.25, 0.3) is 11.8 Å². The van der Waals surface area contributed by atoms with Gasteiger partial charge in [-0.1, -0.05) is 200 Å². The molecule has 2 amide bonds. The molecule has 0 radical (unpaired) electrons. The van der Waals surface area contributed by atoms with Crippen molar-refractivity contribution in [1.29, 1.82) is 0 Å². The fourth-order valence-corrected chi connectivity index (χ4v) is 8.68. The minimum absolute atomic E-state index is 0.0290. The lowest BCUT2D eigenvalue weighted by atomic mass is 9.61. The van der Waals surface area contributed by atoms with Gasteiger partial charge >= 0.3 is 0 Å². The van der Waals surface area contributed by atoms with Gasteiger partial charge in [0.05, 0.1) is 0 Å². The smallest absolute Gasteiger partial charge is 0.250 e. The molecule has 300 valence electrons. The van der Waals surface area contributed by atoms with Gasteiger partial charge in [-0.25, -0.2) is 0 Å². The molecule has 1 aliphatic rings. The summed E-state index contributed by atoms with van der Waals surface area (Å²) in [5.41, 5.74) is 1.02. The summed E-state index contributed by atoms with van der Waals surface area (Å²) in [5.74, 6) is 3.65. The number of hydrogen-bond donors (Lipinski definition) is 2. The average Bonchev–Trinajstić information content (AvgIpc) is 3.15. The van der Waals surface area contributed by atoms with Crippen LogP contribution in [0.25, 0.3) is 0 Å². The molecule has 1 fully saturated rings. The highest BCUT2D eigenvalue weighted by molar-refractivity contribution is 5.95. The Labute approximate surface area is 324 Å². The maximum Gasteiger partial charge on any atom is 0.250 e. The molecule has 1 rings (SSSR count). The molecule has 0 spiro atoms. The fourth-order valence-electron chi connectivity index (χ4n) is 8.68. The summed E-state index contributed by atoms with van der Waals surface area (Å²) in [6.45, 7) is 19.5. The van der Waals surface area contributed by atoms with E-state index < -0.39 is 0 Å². The SMILES string of the molecule is C=CC(=C)C(=O)NCCCCCCCCC1C(CCCCCCCCNC(=O)C(=C)/C=C\CC)CCC(CCCCCC)C1CCCCCCCC. The Bertz CT molecular complexity index is 967. The molecule has 2 N–H and O–H groups in total. The first-order valence-corrected chi connectivity index (χ1v) is 22.6. The first kappa shape index (κ1) is 47.9. The van der Waals surface area contributed by atoms with Crippen LogP contribution in [0, 0.1) is 23.7 Å². The number of hydrogen-bond acceptors (Lipinski definition) is 2. The van der Waals surface area contributed by atoms with Crippen molar-refractivity contribution in [2.45, 2.75) is 207 Å². The van der Waals surface area contributed by atoms with Crippen molar-refractivity contribution in [2.24, 2.45) is 23.7 Å². The number of carbonyl (C=O) groups excluding carboxylic acids is 2. The molecule has 4 nitrogen and oxygen atoms in total. The lowest BCUT2D eigenvalue weighted by Crippen LogP contribution is -2.35. The second-order valence-electron chi connectivity index (χ2n) is 16.2. The first-order chi connectivity index (χ1) is 25.4. The van der Waals surface area contributed by atoms with E-state index in [1.165, 1.54) is 173 Å². The Morgan fingerprint density at radius 2 is 0.885 bits per heavy atom.